The zero-order valence-electron chi connectivity index (χ0n) is 16.2. The first-order chi connectivity index (χ1) is 13.0. The number of rotatable bonds is 6. The Hall–Kier alpha value is -2.16. The number of hydrogen-bond donors (Lipinski definition) is 2. The van der Waals surface area contributed by atoms with Crippen LogP contribution in [-0.4, -0.2) is 75.1 Å². The molecule has 1 unspecified atom stereocenters. The molecule has 1 aromatic heterocycles. The Bertz CT molecular complexity index is 719. The van der Waals surface area contributed by atoms with E-state index >= 15 is 0 Å². The lowest BCUT2D eigenvalue weighted by Crippen LogP contribution is -2.56. The molecule has 2 amide bonds. The highest BCUT2D eigenvalue weighted by Gasteiger charge is 2.33. The summed E-state index contributed by atoms with van der Waals surface area (Å²) in [5.41, 5.74) is -0.161. The Kier molecular flexibility index (Phi) is 6.30. The highest BCUT2D eigenvalue weighted by atomic mass is 16.2. The predicted octanol–water partition coefficient (Wildman–Crippen LogP) is -0.417. The van der Waals surface area contributed by atoms with Crippen LogP contribution in [0.5, 0.6) is 0 Å². The van der Waals surface area contributed by atoms with Crippen LogP contribution >= 0.6 is 0 Å². The van der Waals surface area contributed by atoms with Crippen molar-refractivity contribution in [2.24, 2.45) is 5.92 Å². The third-order valence-electron chi connectivity index (χ3n) is 5.81. The molecule has 150 valence electrons. The van der Waals surface area contributed by atoms with Crippen molar-refractivity contribution in [1.82, 2.24) is 29.9 Å². The van der Waals surface area contributed by atoms with Crippen LogP contribution < -0.4 is 11.0 Å². The van der Waals surface area contributed by atoms with Crippen LogP contribution in [0.1, 0.15) is 38.9 Å². The Morgan fingerprint density at radius 1 is 1.15 bits per heavy atom. The number of carbonyl (C=O) groups excluding carboxylic acids is 2. The molecular weight excluding hydrogens is 348 g/mol. The number of aromatic amines is 1. The molecule has 2 aliphatic rings. The fourth-order valence-corrected chi connectivity index (χ4v) is 4.13. The molecule has 9 nitrogen and oxygen atoms in total. The third kappa shape index (κ3) is 4.40. The summed E-state index contributed by atoms with van der Waals surface area (Å²) in [6, 6.07) is -0.350. The van der Waals surface area contributed by atoms with Crippen molar-refractivity contribution in [3.8, 4) is 0 Å². The number of carbonyl (C=O) groups is 2. The minimum absolute atomic E-state index is 0.0394. The van der Waals surface area contributed by atoms with Crippen molar-refractivity contribution in [3.05, 3.63) is 16.3 Å². The smallest absolute Gasteiger partial charge is 0.343 e. The summed E-state index contributed by atoms with van der Waals surface area (Å²) in [5.74, 6) is 1.23. The first-order valence-electron chi connectivity index (χ1n) is 9.97. The number of H-pyrrole nitrogens is 1. The molecule has 0 saturated carbocycles. The van der Waals surface area contributed by atoms with Crippen molar-refractivity contribution in [2.45, 2.75) is 52.1 Å². The average Bonchev–Trinajstić information content (AvgIpc) is 3.03. The van der Waals surface area contributed by atoms with E-state index in [4.69, 9.17) is 0 Å². The Morgan fingerprint density at radius 3 is 2.56 bits per heavy atom. The lowest BCUT2D eigenvalue weighted by molar-refractivity contribution is -0.139. The standard InChI is InChI=1S/C18H30N6O3/c1-3-22-10-7-19-17(26)14(22)12-16(25)23-8-5-13(6-9-23)11-15-20-21-18(27)24(15)4-2/h13-14H,3-12H2,1-2H3,(H,19,26)(H,21,27). The molecule has 0 aromatic carbocycles. The summed E-state index contributed by atoms with van der Waals surface area (Å²) < 4.78 is 1.67. The fourth-order valence-electron chi connectivity index (χ4n) is 4.13. The Morgan fingerprint density at radius 2 is 1.89 bits per heavy atom. The van der Waals surface area contributed by atoms with Crippen molar-refractivity contribution >= 4 is 11.8 Å². The molecule has 9 heteroatoms. The summed E-state index contributed by atoms with van der Waals surface area (Å²) in [5, 5.41) is 9.51. The Balaban J connectivity index is 1.51. The van der Waals surface area contributed by atoms with E-state index < -0.39 is 0 Å². The van der Waals surface area contributed by atoms with Crippen molar-refractivity contribution in [1.29, 1.82) is 0 Å². The zero-order valence-corrected chi connectivity index (χ0v) is 16.2. The lowest BCUT2D eigenvalue weighted by atomic mass is 9.92. The van der Waals surface area contributed by atoms with Gasteiger partial charge >= 0.3 is 5.69 Å². The van der Waals surface area contributed by atoms with Gasteiger partial charge in [0.25, 0.3) is 0 Å². The van der Waals surface area contributed by atoms with Gasteiger partial charge in [0.05, 0.1) is 12.5 Å². The summed E-state index contributed by atoms with van der Waals surface area (Å²) in [4.78, 5) is 40.5. The maximum absolute atomic E-state index is 12.7. The van der Waals surface area contributed by atoms with Gasteiger partial charge in [-0.25, -0.2) is 9.89 Å². The van der Waals surface area contributed by atoms with Gasteiger partial charge in [-0.1, -0.05) is 6.92 Å². The third-order valence-corrected chi connectivity index (χ3v) is 5.81. The normalized spacial score (nSPS) is 22.1. The molecular formula is C18H30N6O3. The van der Waals surface area contributed by atoms with Crippen LogP contribution in [-0.2, 0) is 22.6 Å². The second-order valence-corrected chi connectivity index (χ2v) is 7.36. The van der Waals surface area contributed by atoms with Crippen LogP contribution in [0.4, 0.5) is 0 Å². The largest absolute Gasteiger partial charge is 0.353 e. The number of likely N-dealkylation sites (tertiary alicyclic amines) is 1. The van der Waals surface area contributed by atoms with E-state index in [0.717, 1.165) is 38.2 Å². The van der Waals surface area contributed by atoms with Crippen LogP contribution in [0.25, 0.3) is 0 Å². The molecule has 2 N–H and O–H groups in total. The first-order valence-corrected chi connectivity index (χ1v) is 9.97. The Labute approximate surface area is 159 Å². The summed E-state index contributed by atoms with van der Waals surface area (Å²) >= 11 is 0. The van der Waals surface area contributed by atoms with Crippen molar-refractivity contribution in [2.75, 3.05) is 32.7 Å². The second kappa shape index (κ2) is 8.69. The van der Waals surface area contributed by atoms with E-state index in [-0.39, 0.29) is 30.0 Å². The van der Waals surface area contributed by atoms with Gasteiger partial charge in [-0.2, -0.15) is 5.10 Å². The van der Waals surface area contributed by atoms with Gasteiger partial charge in [0.2, 0.25) is 11.8 Å². The highest BCUT2D eigenvalue weighted by Crippen LogP contribution is 2.22. The minimum Gasteiger partial charge on any atom is -0.353 e. The van der Waals surface area contributed by atoms with E-state index in [1.54, 1.807) is 4.57 Å². The summed E-state index contributed by atoms with van der Waals surface area (Å²) in [6.45, 7) is 8.18. The second-order valence-electron chi connectivity index (χ2n) is 7.36. The maximum atomic E-state index is 12.7. The molecule has 3 rings (SSSR count). The predicted molar refractivity (Wildman–Crippen MR) is 100 cm³/mol. The number of piperidine rings is 1. The molecule has 3 heterocycles. The molecule has 2 saturated heterocycles. The molecule has 0 aliphatic carbocycles. The van der Waals surface area contributed by atoms with Gasteiger partial charge in [0.15, 0.2) is 0 Å². The quantitative estimate of drug-likeness (QED) is 0.700. The zero-order chi connectivity index (χ0) is 19.4. The number of piperazine rings is 1. The van der Waals surface area contributed by atoms with E-state index in [2.05, 4.69) is 20.4 Å². The van der Waals surface area contributed by atoms with Crippen molar-refractivity contribution < 1.29 is 9.59 Å². The summed E-state index contributed by atoms with van der Waals surface area (Å²) in [7, 11) is 0. The van der Waals surface area contributed by atoms with Crippen LogP contribution in [0.2, 0.25) is 0 Å². The van der Waals surface area contributed by atoms with Gasteiger partial charge < -0.3 is 10.2 Å². The number of nitrogens with zero attached hydrogens (tertiary/aromatic N) is 4. The molecule has 2 aliphatic heterocycles. The molecule has 27 heavy (non-hydrogen) atoms. The molecule has 2 fully saturated rings. The fraction of sp³-hybridized carbons (Fsp3) is 0.778. The van der Waals surface area contributed by atoms with Crippen LogP contribution in [0.3, 0.4) is 0 Å². The number of aromatic nitrogens is 3. The van der Waals surface area contributed by atoms with Gasteiger partial charge in [-0.3, -0.25) is 19.1 Å². The molecule has 0 bridgehead atoms. The van der Waals surface area contributed by atoms with Gasteiger partial charge in [0, 0.05) is 39.1 Å². The average molecular weight is 378 g/mol. The van der Waals surface area contributed by atoms with E-state index in [1.807, 2.05) is 18.7 Å². The molecule has 0 spiro atoms. The monoisotopic (exact) mass is 378 g/mol. The van der Waals surface area contributed by atoms with E-state index in [9.17, 15) is 14.4 Å². The number of nitrogens with one attached hydrogen (secondary N) is 2. The topological polar surface area (TPSA) is 103 Å². The van der Waals surface area contributed by atoms with Crippen LogP contribution in [0, 0.1) is 5.92 Å². The minimum atomic E-state index is -0.350. The van der Waals surface area contributed by atoms with Gasteiger partial charge in [-0.15, -0.1) is 0 Å². The number of likely N-dealkylation sites (N-methyl/N-ethyl adjacent to an activating group) is 1. The maximum Gasteiger partial charge on any atom is 0.343 e. The highest BCUT2D eigenvalue weighted by molar-refractivity contribution is 5.88. The molecule has 1 atom stereocenters. The number of amides is 2. The van der Waals surface area contributed by atoms with E-state index in [0.29, 0.717) is 32.1 Å². The summed E-state index contributed by atoms with van der Waals surface area (Å²) in [6.07, 6.45) is 2.79. The first kappa shape index (κ1) is 19.6. The van der Waals surface area contributed by atoms with Gasteiger partial charge in [-0.05, 0) is 32.2 Å². The molecule has 0 radical (unpaired) electrons. The SMILES string of the molecule is CCN1CCNC(=O)C1CC(=O)N1CCC(Cc2n[nH]c(=O)n2CC)CC1. The lowest BCUT2D eigenvalue weighted by Gasteiger charge is -2.36. The van der Waals surface area contributed by atoms with E-state index in [1.165, 1.54) is 0 Å². The van der Waals surface area contributed by atoms with Crippen LogP contribution in [0.15, 0.2) is 4.79 Å². The number of hydrogen-bond acceptors (Lipinski definition) is 5. The van der Waals surface area contributed by atoms with Crippen molar-refractivity contribution in [3.63, 3.8) is 0 Å². The molecule has 1 aromatic rings. The van der Waals surface area contributed by atoms with Gasteiger partial charge in [0.1, 0.15) is 5.82 Å².